The maximum atomic E-state index is 13.5. The Balaban J connectivity index is 1.30. The van der Waals surface area contributed by atoms with Crippen molar-refractivity contribution < 1.29 is 18.0 Å². The summed E-state index contributed by atoms with van der Waals surface area (Å²) in [5, 5.41) is 4.46. The molecule has 8 heteroatoms. The fraction of sp³-hybridized carbons (Fsp3) is 0.419. The third kappa shape index (κ3) is 6.79. The monoisotopic (exact) mass is 536 g/mol. The lowest BCUT2D eigenvalue weighted by molar-refractivity contribution is -0.137. The zero-order valence-corrected chi connectivity index (χ0v) is 22.3. The van der Waals surface area contributed by atoms with Crippen LogP contribution in [0.4, 0.5) is 13.2 Å². The van der Waals surface area contributed by atoms with E-state index in [9.17, 15) is 18.0 Å². The number of aromatic nitrogens is 2. The van der Waals surface area contributed by atoms with Crippen LogP contribution in [0.25, 0.3) is 17.3 Å². The van der Waals surface area contributed by atoms with Crippen LogP contribution in [0.1, 0.15) is 55.2 Å². The Hall–Kier alpha value is -3.39. The summed E-state index contributed by atoms with van der Waals surface area (Å²) in [5.41, 5.74) is 2.81. The molecule has 2 aromatic carbocycles. The van der Waals surface area contributed by atoms with Crippen LogP contribution in [0.15, 0.2) is 66.9 Å². The van der Waals surface area contributed by atoms with Crippen molar-refractivity contribution >= 4 is 12.0 Å². The molecule has 2 aliphatic rings. The molecule has 39 heavy (non-hydrogen) atoms. The second-order valence-electron chi connectivity index (χ2n) is 10.7. The third-order valence-corrected chi connectivity index (χ3v) is 8.04. The van der Waals surface area contributed by atoms with Gasteiger partial charge in [-0.3, -0.25) is 9.48 Å². The van der Waals surface area contributed by atoms with E-state index in [1.165, 1.54) is 43.9 Å². The van der Waals surface area contributed by atoms with E-state index in [4.69, 9.17) is 0 Å². The molecule has 3 aromatic rings. The quantitative estimate of drug-likeness (QED) is 0.322. The molecule has 206 valence electrons. The van der Waals surface area contributed by atoms with E-state index in [2.05, 4.69) is 10.00 Å². The van der Waals surface area contributed by atoms with Crippen molar-refractivity contribution in [3.63, 3.8) is 0 Å². The maximum absolute atomic E-state index is 13.5. The minimum atomic E-state index is -4.38. The number of nitrogens with zero attached hydrogens (tertiary/aromatic N) is 4. The summed E-state index contributed by atoms with van der Waals surface area (Å²) in [6.07, 6.45) is 7.61. The number of aryl methyl sites for hydroxylation is 1. The zero-order valence-electron chi connectivity index (χ0n) is 22.3. The molecule has 1 aromatic heterocycles. The summed E-state index contributed by atoms with van der Waals surface area (Å²) in [5.74, 6) is -0.122. The predicted octanol–water partition coefficient (Wildman–Crippen LogP) is 6.55. The van der Waals surface area contributed by atoms with Crippen molar-refractivity contribution in [1.29, 1.82) is 0 Å². The molecule has 0 radical (unpaired) electrons. The van der Waals surface area contributed by atoms with Gasteiger partial charge in [-0.05, 0) is 61.1 Å². The Kier molecular flexibility index (Phi) is 8.21. The Morgan fingerprint density at radius 1 is 0.974 bits per heavy atom. The van der Waals surface area contributed by atoms with E-state index in [0.717, 1.165) is 54.9 Å². The second-order valence-corrected chi connectivity index (χ2v) is 10.7. The van der Waals surface area contributed by atoms with Crippen molar-refractivity contribution in [3.05, 3.63) is 83.6 Å². The average Bonchev–Trinajstić information content (AvgIpc) is 3.63. The van der Waals surface area contributed by atoms with E-state index in [1.54, 1.807) is 10.8 Å². The van der Waals surface area contributed by atoms with E-state index < -0.39 is 11.7 Å². The highest BCUT2D eigenvalue weighted by Crippen LogP contribution is 2.30. The van der Waals surface area contributed by atoms with Gasteiger partial charge in [0.05, 0.1) is 11.3 Å². The summed E-state index contributed by atoms with van der Waals surface area (Å²) >= 11 is 0. The SMILES string of the molecule is Cn1ccc(-c2ccc(CN(C(=O)/C=C/c3ccc(C(F)(F)F)cc3)C3CCN(C4CCCC4)CC3)cc2)n1. The highest BCUT2D eigenvalue weighted by molar-refractivity contribution is 5.92. The van der Waals surface area contributed by atoms with Crippen LogP contribution in [0, 0.1) is 0 Å². The molecule has 5 rings (SSSR count). The van der Waals surface area contributed by atoms with Gasteiger partial charge in [0.1, 0.15) is 0 Å². The molecule has 1 saturated carbocycles. The number of halogens is 3. The van der Waals surface area contributed by atoms with Gasteiger partial charge in [0, 0.05) is 56.6 Å². The van der Waals surface area contributed by atoms with Gasteiger partial charge < -0.3 is 9.80 Å². The van der Waals surface area contributed by atoms with Gasteiger partial charge in [0.15, 0.2) is 0 Å². The molecule has 0 N–H and O–H groups in total. The van der Waals surface area contributed by atoms with Crippen LogP contribution >= 0.6 is 0 Å². The van der Waals surface area contributed by atoms with Gasteiger partial charge in [-0.1, -0.05) is 49.2 Å². The molecule has 2 heterocycles. The average molecular weight is 537 g/mol. The van der Waals surface area contributed by atoms with Crippen molar-refractivity contribution in [3.8, 4) is 11.3 Å². The van der Waals surface area contributed by atoms with Crippen molar-refractivity contribution in [2.75, 3.05) is 13.1 Å². The highest BCUT2D eigenvalue weighted by Gasteiger charge is 2.32. The van der Waals surface area contributed by atoms with Crippen LogP contribution in [-0.2, 0) is 24.6 Å². The topological polar surface area (TPSA) is 41.4 Å². The first-order valence-electron chi connectivity index (χ1n) is 13.8. The molecule has 1 amide bonds. The van der Waals surface area contributed by atoms with Crippen LogP contribution in [0.5, 0.6) is 0 Å². The van der Waals surface area contributed by atoms with Crippen LogP contribution in [0.2, 0.25) is 0 Å². The predicted molar refractivity (Wildman–Crippen MR) is 147 cm³/mol. The number of rotatable bonds is 7. The molecule has 1 aliphatic carbocycles. The van der Waals surface area contributed by atoms with Crippen LogP contribution < -0.4 is 0 Å². The summed E-state index contributed by atoms with van der Waals surface area (Å²) in [6, 6.07) is 15.8. The smallest absolute Gasteiger partial charge is 0.332 e. The van der Waals surface area contributed by atoms with Crippen molar-refractivity contribution in [1.82, 2.24) is 19.6 Å². The number of amides is 1. The van der Waals surface area contributed by atoms with E-state index >= 15 is 0 Å². The summed E-state index contributed by atoms with van der Waals surface area (Å²) in [4.78, 5) is 18.0. The number of carbonyl (C=O) groups excluding carboxylic acids is 1. The van der Waals surface area contributed by atoms with Gasteiger partial charge >= 0.3 is 6.18 Å². The van der Waals surface area contributed by atoms with Crippen molar-refractivity contribution in [2.24, 2.45) is 7.05 Å². The van der Waals surface area contributed by atoms with Gasteiger partial charge in [0.25, 0.3) is 0 Å². The van der Waals surface area contributed by atoms with Gasteiger partial charge in [0.2, 0.25) is 5.91 Å². The molecule has 1 aliphatic heterocycles. The molecule has 5 nitrogen and oxygen atoms in total. The lowest BCUT2D eigenvalue weighted by atomic mass is 9.99. The summed E-state index contributed by atoms with van der Waals surface area (Å²) < 4.78 is 40.5. The number of piperidine rings is 1. The molecular formula is C31H35F3N4O. The molecule has 0 unspecified atom stereocenters. The lowest BCUT2D eigenvalue weighted by Gasteiger charge is -2.40. The summed E-state index contributed by atoms with van der Waals surface area (Å²) in [7, 11) is 1.89. The van der Waals surface area contributed by atoms with Crippen LogP contribution in [-0.4, -0.2) is 50.7 Å². The minimum absolute atomic E-state index is 0.114. The fourth-order valence-electron chi connectivity index (χ4n) is 5.81. The molecule has 0 bridgehead atoms. The number of hydrogen-bond acceptors (Lipinski definition) is 3. The van der Waals surface area contributed by atoms with Gasteiger partial charge in [-0.25, -0.2) is 0 Å². The van der Waals surface area contributed by atoms with E-state index in [1.807, 2.05) is 48.5 Å². The second kappa shape index (κ2) is 11.8. The third-order valence-electron chi connectivity index (χ3n) is 8.04. The Morgan fingerprint density at radius 2 is 1.64 bits per heavy atom. The lowest BCUT2D eigenvalue weighted by Crippen LogP contribution is -2.48. The van der Waals surface area contributed by atoms with Gasteiger partial charge in [-0.2, -0.15) is 18.3 Å². The largest absolute Gasteiger partial charge is 0.416 e. The number of likely N-dealkylation sites (tertiary alicyclic amines) is 1. The van der Waals surface area contributed by atoms with Gasteiger partial charge in [-0.15, -0.1) is 0 Å². The number of benzene rings is 2. The first-order chi connectivity index (χ1) is 18.8. The minimum Gasteiger partial charge on any atom is -0.332 e. The highest BCUT2D eigenvalue weighted by atomic mass is 19.4. The molecule has 0 atom stereocenters. The molecular weight excluding hydrogens is 501 g/mol. The molecule has 1 saturated heterocycles. The number of carbonyl (C=O) groups is 1. The number of alkyl halides is 3. The number of hydrogen-bond donors (Lipinski definition) is 0. The van der Waals surface area contributed by atoms with Crippen LogP contribution in [0.3, 0.4) is 0 Å². The van der Waals surface area contributed by atoms with Crippen molar-refractivity contribution in [2.45, 2.75) is 63.3 Å². The zero-order chi connectivity index (χ0) is 27.4. The fourth-order valence-corrected chi connectivity index (χ4v) is 5.81. The Morgan fingerprint density at radius 3 is 2.23 bits per heavy atom. The Bertz CT molecular complexity index is 1270. The van der Waals surface area contributed by atoms with E-state index in [0.29, 0.717) is 18.2 Å². The molecule has 2 fully saturated rings. The Labute approximate surface area is 227 Å². The normalized spacial score (nSPS) is 17.7. The van der Waals surface area contributed by atoms with E-state index in [-0.39, 0.29) is 11.9 Å². The first kappa shape index (κ1) is 27.2. The molecule has 0 spiro atoms. The maximum Gasteiger partial charge on any atom is 0.416 e. The first-order valence-corrected chi connectivity index (χ1v) is 13.8. The summed E-state index contributed by atoms with van der Waals surface area (Å²) in [6.45, 7) is 2.45. The standard InChI is InChI=1S/C31H35F3N4O/c1-36-19-18-29(35-36)25-11-6-24(7-12-25)22-38(28-16-20-37(21-17-28)27-4-2-3-5-27)30(39)15-10-23-8-13-26(14-9-23)31(32,33)34/h6-15,18-19,27-28H,2-5,16-17,20-22H2,1H3/b15-10+.